The molecule has 0 saturated heterocycles. The molecule has 44 heavy (non-hydrogen) atoms. The lowest BCUT2D eigenvalue weighted by Gasteiger charge is -2.25. The van der Waals surface area contributed by atoms with Crippen molar-refractivity contribution in [3.63, 3.8) is 0 Å². The van der Waals surface area contributed by atoms with Crippen molar-refractivity contribution < 1.29 is 34.2 Å². The molecule has 0 spiro atoms. The van der Waals surface area contributed by atoms with Crippen molar-refractivity contribution in [2.45, 2.75) is 64.1 Å². The predicted molar refractivity (Wildman–Crippen MR) is 169 cm³/mol. The maximum absolute atomic E-state index is 13.5. The molecule has 2 aromatic rings. The Labute approximate surface area is 261 Å². The monoisotopic (exact) mass is 629 g/mol. The van der Waals surface area contributed by atoms with E-state index in [1.165, 1.54) is 11.8 Å². The fourth-order valence-corrected chi connectivity index (χ4v) is 4.83. The fraction of sp³-hybridized carbons (Fsp3) is 0.484. The third-order valence-corrected chi connectivity index (χ3v) is 7.67. The average molecular weight is 630 g/mol. The normalized spacial score (nSPS) is 14.1. The van der Waals surface area contributed by atoms with Crippen LogP contribution < -0.4 is 16.4 Å². The first-order valence-electron chi connectivity index (χ1n) is 14.4. The van der Waals surface area contributed by atoms with Crippen LogP contribution in [0.2, 0.25) is 0 Å². The Morgan fingerprint density at radius 2 is 1.70 bits per heavy atom. The molecule has 0 unspecified atom stereocenters. The molecule has 1 aromatic heterocycles. The molecule has 0 aliphatic heterocycles. The number of nitrogens with one attached hydrogen (secondary N) is 2. The van der Waals surface area contributed by atoms with Crippen LogP contribution in [0.5, 0.6) is 0 Å². The number of nitrogens with two attached hydrogens (primary N) is 1. The van der Waals surface area contributed by atoms with Gasteiger partial charge in [-0.1, -0.05) is 50.3 Å². The number of ketones is 1. The fourth-order valence-electron chi connectivity index (χ4n) is 4.36. The average Bonchev–Trinajstić information content (AvgIpc) is 3.31. The summed E-state index contributed by atoms with van der Waals surface area (Å²) in [7, 11) is 1.72. The summed E-state index contributed by atoms with van der Waals surface area (Å²) in [5.74, 6) is -3.71. The van der Waals surface area contributed by atoms with E-state index in [-0.39, 0.29) is 31.0 Å². The van der Waals surface area contributed by atoms with Gasteiger partial charge in [0.15, 0.2) is 5.78 Å². The molecule has 1 aromatic carbocycles. The predicted octanol–water partition coefficient (Wildman–Crippen LogP) is 2.06. The van der Waals surface area contributed by atoms with Crippen LogP contribution in [0, 0.1) is 11.8 Å². The largest absolute Gasteiger partial charge is 0.481 e. The van der Waals surface area contributed by atoms with Gasteiger partial charge >= 0.3 is 11.9 Å². The highest BCUT2D eigenvalue weighted by Gasteiger charge is 2.29. The molecule has 6 N–H and O–H groups in total. The van der Waals surface area contributed by atoms with E-state index in [1.807, 2.05) is 50.4 Å². The smallest absolute Gasteiger partial charge is 0.307 e. The van der Waals surface area contributed by atoms with Gasteiger partial charge in [0.05, 0.1) is 36.5 Å². The molecule has 0 saturated carbocycles. The van der Waals surface area contributed by atoms with E-state index in [2.05, 4.69) is 15.6 Å². The zero-order valence-electron chi connectivity index (χ0n) is 25.6. The Morgan fingerprint density at radius 3 is 2.30 bits per heavy atom. The summed E-state index contributed by atoms with van der Waals surface area (Å²) in [5, 5.41) is 23.8. The van der Waals surface area contributed by atoms with E-state index in [0.29, 0.717) is 23.7 Å². The van der Waals surface area contributed by atoms with E-state index in [1.54, 1.807) is 30.0 Å². The number of rotatable bonds is 19. The van der Waals surface area contributed by atoms with Crippen LogP contribution in [0.3, 0.4) is 0 Å². The highest BCUT2D eigenvalue weighted by atomic mass is 32.2. The van der Waals surface area contributed by atoms with Crippen molar-refractivity contribution in [2.24, 2.45) is 24.6 Å². The molecule has 0 bridgehead atoms. The lowest BCUT2D eigenvalue weighted by atomic mass is 10.0. The molecule has 12 nitrogen and oxygen atoms in total. The van der Waals surface area contributed by atoms with Gasteiger partial charge in [-0.15, -0.1) is 0 Å². The van der Waals surface area contributed by atoms with Gasteiger partial charge in [0.2, 0.25) is 11.8 Å². The number of carbonyl (C=O) groups is 5. The lowest BCUT2D eigenvalue weighted by Crippen LogP contribution is -2.56. The first kappa shape index (κ1) is 36.2. The number of aromatic nitrogens is 2. The van der Waals surface area contributed by atoms with Crippen LogP contribution >= 0.6 is 11.8 Å². The summed E-state index contributed by atoms with van der Waals surface area (Å²) >= 11 is 1.54. The van der Waals surface area contributed by atoms with Crippen molar-refractivity contribution in [1.82, 2.24) is 20.2 Å². The first-order valence-corrected chi connectivity index (χ1v) is 15.8. The van der Waals surface area contributed by atoms with Crippen molar-refractivity contribution in [1.29, 1.82) is 0 Å². The second-order valence-corrected chi connectivity index (χ2v) is 12.0. The molecule has 0 aliphatic carbocycles. The summed E-state index contributed by atoms with van der Waals surface area (Å²) in [6, 6.07) is 6.68. The Hall–Kier alpha value is -3.97. The Kier molecular flexibility index (Phi) is 14.8. The summed E-state index contributed by atoms with van der Waals surface area (Å²) in [6.07, 6.45) is 6.74. The zero-order chi connectivity index (χ0) is 32.8. The van der Waals surface area contributed by atoms with Crippen LogP contribution in [0.25, 0.3) is 6.08 Å². The van der Waals surface area contributed by atoms with E-state index in [0.717, 1.165) is 5.56 Å². The SMILES string of the molecule is CSCC[C@H](NC(=O)[C@H](Cc1ccccc1)NC(=O)[C@@H](N)C(C)C)C(=O)Cc1cn(C)c(/C=C/C[C@H](CC(=O)O)C(=O)O)n1. The number of imidazole rings is 1. The Bertz CT molecular complexity index is 1310. The van der Waals surface area contributed by atoms with Crippen molar-refractivity contribution in [3.05, 3.63) is 59.7 Å². The minimum absolute atomic E-state index is 0.00824. The van der Waals surface area contributed by atoms with E-state index in [9.17, 15) is 29.1 Å². The maximum Gasteiger partial charge on any atom is 0.307 e. The molecule has 1 heterocycles. The van der Waals surface area contributed by atoms with Gasteiger partial charge in [-0.25, -0.2) is 4.98 Å². The number of benzene rings is 1. The van der Waals surface area contributed by atoms with Gasteiger partial charge < -0.3 is 31.1 Å². The number of nitrogens with zero attached hydrogens (tertiary/aromatic N) is 2. The number of aryl methyl sites for hydroxylation is 1. The molecular weight excluding hydrogens is 586 g/mol. The third kappa shape index (κ3) is 12.0. The second kappa shape index (κ2) is 18.0. The molecule has 4 atom stereocenters. The summed E-state index contributed by atoms with van der Waals surface area (Å²) < 4.78 is 1.67. The number of carbonyl (C=O) groups excluding carboxylic acids is 3. The van der Waals surface area contributed by atoms with Gasteiger partial charge in [-0.2, -0.15) is 11.8 Å². The number of carboxylic acid groups (broad SMARTS) is 2. The van der Waals surface area contributed by atoms with Crippen molar-refractivity contribution in [3.8, 4) is 0 Å². The first-order chi connectivity index (χ1) is 20.8. The Morgan fingerprint density at radius 1 is 1.05 bits per heavy atom. The number of thioether (sulfide) groups is 1. The van der Waals surface area contributed by atoms with E-state index in [4.69, 9.17) is 10.8 Å². The highest BCUT2D eigenvalue weighted by Crippen LogP contribution is 2.14. The molecule has 0 radical (unpaired) electrons. The number of aliphatic carboxylic acids is 2. The number of Topliss-reactive ketones (excluding diaryl/α,β-unsaturated/α-hetero) is 1. The van der Waals surface area contributed by atoms with Crippen molar-refractivity contribution >= 4 is 47.4 Å². The van der Waals surface area contributed by atoms with Crippen LogP contribution in [-0.4, -0.2) is 79.4 Å². The molecule has 2 amide bonds. The second-order valence-electron chi connectivity index (χ2n) is 11.0. The van der Waals surface area contributed by atoms with Crippen molar-refractivity contribution in [2.75, 3.05) is 12.0 Å². The lowest BCUT2D eigenvalue weighted by molar-refractivity contribution is -0.148. The van der Waals surface area contributed by atoms with Gasteiger partial charge in [0.1, 0.15) is 11.9 Å². The quantitative estimate of drug-likeness (QED) is 0.154. The number of allylic oxidation sites excluding steroid dienone is 1. The van der Waals surface area contributed by atoms with Gasteiger partial charge in [0.25, 0.3) is 0 Å². The summed E-state index contributed by atoms with van der Waals surface area (Å²) in [4.78, 5) is 66.5. The van der Waals surface area contributed by atoms with Gasteiger partial charge in [0, 0.05) is 19.7 Å². The minimum Gasteiger partial charge on any atom is -0.481 e. The molecular formula is C31H43N5O7S. The summed E-state index contributed by atoms with van der Waals surface area (Å²) in [6.45, 7) is 3.64. The molecule has 13 heteroatoms. The van der Waals surface area contributed by atoms with E-state index < -0.39 is 54.2 Å². The number of carboxylic acids is 2. The summed E-state index contributed by atoms with van der Waals surface area (Å²) in [5.41, 5.74) is 7.32. The minimum atomic E-state index is -1.20. The molecule has 240 valence electrons. The van der Waals surface area contributed by atoms with Gasteiger partial charge in [-0.3, -0.25) is 24.0 Å². The van der Waals surface area contributed by atoms with Crippen LogP contribution in [0.4, 0.5) is 0 Å². The number of amides is 2. The molecule has 0 fully saturated rings. The molecule has 0 aliphatic rings. The number of hydrogen-bond acceptors (Lipinski definition) is 8. The van der Waals surface area contributed by atoms with Crippen LogP contribution in [0.15, 0.2) is 42.6 Å². The third-order valence-electron chi connectivity index (χ3n) is 7.03. The van der Waals surface area contributed by atoms with Gasteiger partial charge in [-0.05, 0) is 42.4 Å². The molecule has 2 rings (SSSR count). The topological polar surface area (TPSA) is 194 Å². The standard InChI is InChI=1S/C31H43N5O7S/c1-19(2)28(32)30(41)35-24(15-20-9-6-5-7-10-20)29(40)34-23(13-14-44-4)25(37)17-22-18-36(3)26(33-22)12-8-11-21(31(42)43)16-27(38)39/h5-10,12,18-19,21,23-24,28H,11,13-17,32H2,1-4H3,(H,34,40)(H,35,41)(H,38,39)(H,42,43)/b12-8+/t21-,23+,24+,28+/m1/s1. The van der Waals surface area contributed by atoms with E-state index >= 15 is 0 Å². The number of hydrogen-bond donors (Lipinski definition) is 5. The Balaban J connectivity index is 2.18. The highest BCUT2D eigenvalue weighted by molar-refractivity contribution is 7.98. The zero-order valence-corrected chi connectivity index (χ0v) is 26.4. The van der Waals surface area contributed by atoms with Crippen LogP contribution in [0.1, 0.15) is 50.2 Å². The maximum atomic E-state index is 13.5. The van der Waals surface area contributed by atoms with Crippen LogP contribution in [-0.2, 0) is 43.9 Å².